The fourth-order valence-corrected chi connectivity index (χ4v) is 1.41. The SMILES string of the molecule is CC(O)CCNCc1cc(Cl)ccc1F. The second kappa shape index (κ2) is 6.05. The molecule has 0 aromatic heterocycles. The summed E-state index contributed by atoms with van der Waals surface area (Å²) >= 11 is 5.75. The van der Waals surface area contributed by atoms with Crippen LogP contribution in [-0.2, 0) is 6.54 Å². The first-order chi connectivity index (χ1) is 7.09. The van der Waals surface area contributed by atoms with E-state index in [1.54, 1.807) is 13.0 Å². The van der Waals surface area contributed by atoms with Gasteiger partial charge in [0.2, 0.25) is 0 Å². The van der Waals surface area contributed by atoms with Crippen LogP contribution in [0, 0.1) is 5.82 Å². The molecule has 0 bridgehead atoms. The Balaban J connectivity index is 2.40. The number of aliphatic hydroxyl groups excluding tert-OH is 1. The van der Waals surface area contributed by atoms with Crippen LogP contribution in [-0.4, -0.2) is 17.8 Å². The molecule has 0 aliphatic heterocycles. The number of aliphatic hydroxyl groups is 1. The predicted octanol–water partition coefficient (Wildman–Crippen LogP) is 2.34. The molecule has 0 aliphatic carbocycles. The highest BCUT2D eigenvalue weighted by molar-refractivity contribution is 6.30. The van der Waals surface area contributed by atoms with Crippen molar-refractivity contribution >= 4 is 11.6 Å². The van der Waals surface area contributed by atoms with E-state index in [4.69, 9.17) is 16.7 Å². The van der Waals surface area contributed by atoms with E-state index < -0.39 is 0 Å². The summed E-state index contributed by atoms with van der Waals surface area (Å²) < 4.78 is 13.2. The van der Waals surface area contributed by atoms with E-state index in [1.165, 1.54) is 12.1 Å². The molecule has 0 heterocycles. The number of halogens is 2. The standard InChI is InChI=1S/C11H15ClFNO/c1-8(15)4-5-14-7-9-6-10(12)2-3-11(9)13/h2-3,6,8,14-15H,4-5,7H2,1H3. The van der Waals surface area contributed by atoms with Crippen molar-refractivity contribution in [1.29, 1.82) is 0 Å². The van der Waals surface area contributed by atoms with Gasteiger partial charge >= 0.3 is 0 Å². The minimum absolute atomic E-state index is 0.260. The van der Waals surface area contributed by atoms with Gasteiger partial charge in [-0.05, 0) is 38.1 Å². The molecule has 15 heavy (non-hydrogen) atoms. The molecular formula is C11H15ClFNO. The Morgan fingerprint density at radius 2 is 2.27 bits per heavy atom. The molecule has 0 amide bonds. The monoisotopic (exact) mass is 231 g/mol. The zero-order valence-corrected chi connectivity index (χ0v) is 9.39. The lowest BCUT2D eigenvalue weighted by Crippen LogP contribution is -2.19. The molecule has 4 heteroatoms. The van der Waals surface area contributed by atoms with Crippen LogP contribution in [0.4, 0.5) is 4.39 Å². The topological polar surface area (TPSA) is 32.3 Å². The minimum Gasteiger partial charge on any atom is -0.393 e. The number of nitrogens with one attached hydrogen (secondary N) is 1. The summed E-state index contributed by atoms with van der Waals surface area (Å²) in [6, 6.07) is 4.48. The van der Waals surface area contributed by atoms with Gasteiger partial charge in [-0.15, -0.1) is 0 Å². The highest BCUT2D eigenvalue weighted by atomic mass is 35.5. The predicted molar refractivity (Wildman–Crippen MR) is 59.4 cm³/mol. The average molecular weight is 232 g/mol. The van der Waals surface area contributed by atoms with Crippen LogP contribution in [0.2, 0.25) is 5.02 Å². The second-order valence-electron chi connectivity index (χ2n) is 3.55. The van der Waals surface area contributed by atoms with E-state index in [-0.39, 0.29) is 11.9 Å². The lowest BCUT2D eigenvalue weighted by atomic mass is 10.2. The van der Waals surface area contributed by atoms with Crippen molar-refractivity contribution < 1.29 is 9.50 Å². The van der Waals surface area contributed by atoms with E-state index in [0.29, 0.717) is 30.1 Å². The maximum Gasteiger partial charge on any atom is 0.127 e. The molecule has 2 nitrogen and oxygen atoms in total. The maximum absolute atomic E-state index is 13.2. The van der Waals surface area contributed by atoms with Gasteiger partial charge in [-0.2, -0.15) is 0 Å². The van der Waals surface area contributed by atoms with Crippen molar-refractivity contribution in [3.63, 3.8) is 0 Å². The molecule has 0 fully saturated rings. The Bertz CT molecular complexity index is 317. The molecule has 1 atom stereocenters. The second-order valence-corrected chi connectivity index (χ2v) is 3.99. The first-order valence-electron chi connectivity index (χ1n) is 4.92. The molecule has 1 rings (SSSR count). The quantitative estimate of drug-likeness (QED) is 0.763. The van der Waals surface area contributed by atoms with Crippen LogP contribution in [0.15, 0.2) is 18.2 Å². The summed E-state index contributed by atoms with van der Waals surface area (Å²) in [7, 11) is 0. The number of rotatable bonds is 5. The molecule has 0 radical (unpaired) electrons. The highest BCUT2D eigenvalue weighted by Gasteiger charge is 2.02. The van der Waals surface area contributed by atoms with E-state index in [2.05, 4.69) is 5.32 Å². The van der Waals surface area contributed by atoms with Crippen LogP contribution in [0.5, 0.6) is 0 Å². The van der Waals surface area contributed by atoms with Crippen LogP contribution in [0.3, 0.4) is 0 Å². The number of hydrogen-bond acceptors (Lipinski definition) is 2. The molecule has 84 valence electrons. The Labute approximate surface area is 94.1 Å². The molecule has 1 aromatic rings. The van der Waals surface area contributed by atoms with Gasteiger partial charge < -0.3 is 10.4 Å². The summed E-state index contributed by atoms with van der Waals surface area (Å²) in [4.78, 5) is 0. The summed E-state index contributed by atoms with van der Waals surface area (Å²) in [5.41, 5.74) is 0.549. The maximum atomic E-state index is 13.2. The third kappa shape index (κ3) is 4.60. The fourth-order valence-electron chi connectivity index (χ4n) is 1.21. The third-order valence-corrected chi connectivity index (χ3v) is 2.30. The van der Waals surface area contributed by atoms with Crippen molar-refractivity contribution in [2.45, 2.75) is 26.0 Å². The van der Waals surface area contributed by atoms with Crippen molar-refractivity contribution in [3.8, 4) is 0 Å². The van der Waals surface area contributed by atoms with E-state index in [1.807, 2.05) is 0 Å². The first kappa shape index (κ1) is 12.4. The first-order valence-corrected chi connectivity index (χ1v) is 5.30. The lowest BCUT2D eigenvalue weighted by molar-refractivity contribution is 0.183. The smallest absolute Gasteiger partial charge is 0.127 e. The van der Waals surface area contributed by atoms with Crippen molar-refractivity contribution in [3.05, 3.63) is 34.6 Å². The zero-order valence-electron chi connectivity index (χ0n) is 8.63. The molecule has 0 aliphatic rings. The molecular weight excluding hydrogens is 217 g/mol. The molecule has 1 aromatic carbocycles. The van der Waals surface area contributed by atoms with E-state index in [9.17, 15) is 4.39 Å². The van der Waals surface area contributed by atoms with Crippen LogP contribution < -0.4 is 5.32 Å². The van der Waals surface area contributed by atoms with Gasteiger partial charge in [0.05, 0.1) is 6.10 Å². The van der Waals surface area contributed by atoms with Gasteiger partial charge in [-0.3, -0.25) is 0 Å². The third-order valence-electron chi connectivity index (χ3n) is 2.06. The number of hydrogen-bond donors (Lipinski definition) is 2. The average Bonchev–Trinajstić information content (AvgIpc) is 2.17. The molecule has 0 saturated carbocycles. The largest absolute Gasteiger partial charge is 0.393 e. The van der Waals surface area contributed by atoms with Gasteiger partial charge in [-0.25, -0.2) is 4.39 Å². The Hall–Kier alpha value is -0.640. The van der Waals surface area contributed by atoms with Crippen LogP contribution in [0.1, 0.15) is 18.9 Å². The Morgan fingerprint density at radius 3 is 2.93 bits per heavy atom. The fraction of sp³-hybridized carbons (Fsp3) is 0.455. The number of benzene rings is 1. The van der Waals surface area contributed by atoms with Crippen molar-refractivity contribution in [1.82, 2.24) is 5.32 Å². The van der Waals surface area contributed by atoms with Gasteiger partial charge in [0.15, 0.2) is 0 Å². The molecule has 0 spiro atoms. The van der Waals surface area contributed by atoms with Gasteiger partial charge in [-0.1, -0.05) is 11.6 Å². The van der Waals surface area contributed by atoms with E-state index in [0.717, 1.165) is 0 Å². The van der Waals surface area contributed by atoms with Crippen molar-refractivity contribution in [2.24, 2.45) is 0 Å². The Kier molecular flexibility index (Phi) is 5.02. The van der Waals surface area contributed by atoms with Gasteiger partial charge in [0.25, 0.3) is 0 Å². The summed E-state index contributed by atoms with van der Waals surface area (Å²) in [5.74, 6) is -0.260. The van der Waals surface area contributed by atoms with Gasteiger partial charge in [0, 0.05) is 17.1 Å². The normalized spacial score (nSPS) is 12.8. The Morgan fingerprint density at radius 1 is 1.53 bits per heavy atom. The summed E-state index contributed by atoms with van der Waals surface area (Å²) in [6.45, 7) is 2.81. The zero-order chi connectivity index (χ0) is 11.3. The van der Waals surface area contributed by atoms with Crippen molar-refractivity contribution in [2.75, 3.05) is 6.54 Å². The molecule has 2 N–H and O–H groups in total. The molecule has 0 saturated heterocycles. The minimum atomic E-state index is -0.332. The summed E-state index contributed by atoms with van der Waals surface area (Å²) in [6.07, 6.45) is 0.323. The highest BCUT2D eigenvalue weighted by Crippen LogP contribution is 2.14. The molecule has 1 unspecified atom stereocenters. The lowest BCUT2D eigenvalue weighted by Gasteiger charge is -2.07. The van der Waals surface area contributed by atoms with Crippen LogP contribution in [0.25, 0.3) is 0 Å². The van der Waals surface area contributed by atoms with E-state index >= 15 is 0 Å². The summed E-state index contributed by atoms with van der Waals surface area (Å²) in [5, 5.41) is 12.6. The van der Waals surface area contributed by atoms with Crippen LogP contribution >= 0.6 is 11.6 Å². The van der Waals surface area contributed by atoms with Gasteiger partial charge in [0.1, 0.15) is 5.82 Å².